The molecule has 0 aromatic heterocycles. The first-order valence-corrected chi connectivity index (χ1v) is 10.8. The third-order valence-electron chi connectivity index (χ3n) is 6.10. The fourth-order valence-corrected chi connectivity index (χ4v) is 4.59. The number of carbonyl (C=O) groups is 2. The van der Waals surface area contributed by atoms with Crippen molar-refractivity contribution in [2.45, 2.75) is 38.3 Å². The van der Waals surface area contributed by atoms with E-state index in [-0.39, 0.29) is 49.4 Å². The van der Waals surface area contributed by atoms with Crippen LogP contribution in [0.4, 0.5) is 0 Å². The summed E-state index contributed by atoms with van der Waals surface area (Å²) in [5.74, 6) is 6.52. The standard InChI is InChI=1S/C26H28N2O3/c1-18(2)8-9-19-10-12-21(13-11-19)26-22-15-27(16-25(31)28(22)23(26)17-29)24(30)14-20-6-4-3-5-7-20/h3-7,10-13,18,22-23,26,29H,14-17H2,1-2H3/t22-,23+,26-/m1/s1. The third kappa shape index (κ3) is 4.35. The lowest BCUT2D eigenvalue weighted by atomic mass is 9.73. The highest BCUT2D eigenvalue weighted by molar-refractivity contribution is 5.88. The van der Waals surface area contributed by atoms with Crippen molar-refractivity contribution in [3.05, 3.63) is 71.3 Å². The Morgan fingerprint density at radius 2 is 1.84 bits per heavy atom. The Kier molecular flexibility index (Phi) is 6.11. The molecule has 0 unspecified atom stereocenters. The van der Waals surface area contributed by atoms with Crippen molar-refractivity contribution in [1.82, 2.24) is 9.80 Å². The molecule has 0 saturated carbocycles. The number of rotatable bonds is 4. The van der Waals surface area contributed by atoms with E-state index in [0.29, 0.717) is 12.5 Å². The van der Waals surface area contributed by atoms with E-state index in [2.05, 4.69) is 25.7 Å². The second kappa shape index (κ2) is 8.95. The highest BCUT2D eigenvalue weighted by Gasteiger charge is 2.54. The van der Waals surface area contributed by atoms with Gasteiger partial charge in [0.25, 0.3) is 0 Å². The van der Waals surface area contributed by atoms with Crippen LogP contribution >= 0.6 is 0 Å². The highest BCUT2D eigenvalue weighted by Crippen LogP contribution is 2.42. The molecule has 5 nitrogen and oxygen atoms in total. The lowest BCUT2D eigenvalue weighted by molar-refractivity contribution is -0.166. The zero-order valence-corrected chi connectivity index (χ0v) is 18.0. The Labute approximate surface area is 183 Å². The number of aliphatic hydroxyl groups excluding tert-OH is 1. The third-order valence-corrected chi connectivity index (χ3v) is 6.10. The zero-order valence-electron chi connectivity index (χ0n) is 18.0. The van der Waals surface area contributed by atoms with Crippen molar-refractivity contribution in [1.29, 1.82) is 0 Å². The van der Waals surface area contributed by atoms with Gasteiger partial charge < -0.3 is 14.9 Å². The molecule has 0 aliphatic carbocycles. The predicted molar refractivity (Wildman–Crippen MR) is 119 cm³/mol. The van der Waals surface area contributed by atoms with Gasteiger partial charge in [-0.2, -0.15) is 0 Å². The minimum absolute atomic E-state index is 0.00776. The van der Waals surface area contributed by atoms with Crippen molar-refractivity contribution in [2.24, 2.45) is 5.92 Å². The van der Waals surface area contributed by atoms with E-state index in [1.165, 1.54) is 0 Å². The number of fused-ring (bicyclic) bond motifs is 1. The molecular weight excluding hydrogens is 388 g/mol. The quantitative estimate of drug-likeness (QED) is 0.779. The molecule has 0 bridgehead atoms. The first kappa shape index (κ1) is 21.1. The molecule has 0 spiro atoms. The molecule has 160 valence electrons. The van der Waals surface area contributed by atoms with Gasteiger partial charge in [0.15, 0.2) is 0 Å². The first-order valence-electron chi connectivity index (χ1n) is 10.8. The summed E-state index contributed by atoms with van der Waals surface area (Å²) in [5, 5.41) is 9.95. The van der Waals surface area contributed by atoms with E-state index in [4.69, 9.17) is 0 Å². The largest absolute Gasteiger partial charge is 0.394 e. The van der Waals surface area contributed by atoms with Crippen LogP contribution in [-0.2, 0) is 16.0 Å². The summed E-state index contributed by atoms with van der Waals surface area (Å²) < 4.78 is 0. The van der Waals surface area contributed by atoms with Crippen LogP contribution in [0.3, 0.4) is 0 Å². The van der Waals surface area contributed by atoms with Gasteiger partial charge in [-0.25, -0.2) is 0 Å². The summed E-state index contributed by atoms with van der Waals surface area (Å²) >= 11 is 0. The van der Waals surface area contributed by atoms with Crippen LogP contribution in [0.2, 0.25) is 0 Å². The van der Waals surface area contributed by atoms with Gasteiger partial charge in [0, 0.05) is 23.9 Å². The van der Waals surface area contributed by atoms with Crippen LogP contribution in [0.15, 0.2) is 54.6 Å². The fourth-order valence-electron chi connectivity index (χ4n) is 4.59. The number of hydrogen-bond donors (Lipinski definition) is 1. The maximum absolute atomic E-state index is 12.8. The Bertz CT molecular complexity index is 1000. The van der Waals surface area contributed by atoms with Crippen LogP contribution in [0.25, 0.3) is 0 Å². The SMILES string of the molecule is CC(C)C#Cc1ccc([C@@H]2[C@H]3CN(C(=O)Cc4ccccc4)CC(=O)N3[C@H]2CO)cc1. The molecule has 1 N–H and O–H groups in total. The highest BCUT2D eigenvalue weighted by atomic mass is 16.3. The van der Waals surface area contributed by atoms with Gasteiger partial charge in [-0.1, -0.05) is 68.2 Å². The molecule has 2 aliphatic rings. The van der Waals surface area contributed by atoms with E-state index in [0.717, 1.165) is 16.7 Å². The number of aliphatic hydroxyl groups is 1. The van der Waals surface area contributed by atoms with Crippen molar-refractivity contribution < 1.29 is 14.7 Å². The minimum atomic E-state index is -0.239. The number of hydrogen-bond acceptors (Lipinski definition) is 3. The Hall–Kier alpha value is -3.10. The smallest absolute Gasteiger partial charge is 0.242 e. The molecule has 2 fully saturated rings. The molecule has 3 atom stereocenters. The van der Waals surface area contributed by atoms with Crippen molar-refractivity contribution in [2.75, 3.05) is 19.7 Å². The minimum Gasteiger partial charge on any atom is -0.394 e. The monoisotopic (exact) mass is 416 g/mol. The maximum atomic E-state index is 12.8. The zero-order chi connectivity index (χ0) is 22.0. The normalized spacial score (nSPS) is 22.5. The number of nitrogens with zero attached hydrogens (tertiary/aromatic N) is 2. The molecule has 0 radical (unpaired) electrons. The number of carbonyl (C=O) groups excluding carboxylic acids is 2. The Morgan fingerprint density at radius 3 is 2.48 bits per heavy atom. The second-order valence-corrected chi connectivity index (χ2v) is 8.63. The van der Waals surface area contributed by atoms with Gasteiger partial charge in [0.1, 0.15) is 0 Å². The van der Waals surface area contributed by atoms with Crippen LogP contribution < -0.4 is 0 Å². The summed E-state index contributed by atoms with van der Waals surface area (Å²) in [5.41, 5.74) is 2.97. The summed E-state index contributed by atoms with van der Waals surface area (Å²) in [6.07, 6.45) is 0.290. The summed E-state index contributed by atoms with van der Waals surface area (Å²) in [6.45, 7) is 4.60. The van der Waals surface area contributed by atoms with Gasteiger partial charge in [0.05, 0.1) is 31.7 Å². The molecule has 2 heterocycles. The van der Waals surface area contributed by atoms with E-state index in [1.54, 1.807) is 9.80 Å². The molecule has 2 aliphatic heterocycles. The van der Waals surface area contributed by atoms with Crippen LogP contribution in [0.5, 0.6) is 0 Å². The molecule has 2 aromatic carbocycles. The van der Waals surface area contributed by atoms with Gasteiger partial charge >= 0.3 is 0 Å². The van der Waals surface area contributed by atoms with Gasteiger partial charge in [-0.15, -0.1) is 0 Å². The maximum Gasteiger partial charge on any atom is 0.242 e. The average Bonchev–Trinajstić information content (AvgIpc) is 2.75. The lowest BCUT2D eigenvalue weighted by Gasteiger charge is -2.58. The van der Waals surface area contributed by atoms with E-state index in [1.807, 2.05) is 54.6 Å². The molecule has 31 heavy (non-hydrogen) atoms. The molecule has 2 aromatic rings. The van der Waals surface area contributed by atoms with Crippen LogP contribution in [-0.4, -0.2) is 58.5 Å². The number of amides is 2. The molecular formula is C26H28N2O3. The Balaban J connectivity index is 1.50. The summed E-state index contributed by atoms with van der Waals surface area (Å²) in [4.78, 5) is 29.1. The number of benzene rings is 2. The Morgan fingerprint density at radius 1 is 1.13 bits per heavy atom. The van der Waals surface area contributed by atoms with Gasteiger partial charge in [-0.05, 0) is 23.3 Å². The molecule has 2 saturated heterocycles. The molecule has 5 heteroatoms. The van der Waals surface area contributed by atoms with E-state index >= 15 is 0 Å². The second-order valence-electron chi connectivity index (χ2n) is 8.63. The summed E-state index contributed by atoms with van der Waals surface area (Å²) in [6, 6.07) is 17.3. The van der Waals surface area contributed by atoms with Gasteiger partial charge in [0.2, 0.25) is 11.8 Å². The molecule has 2 amide bonds. The topological polar surface area (TPSA) is 60.9 Å². The predicted octanol–water partition coefficient (Wildman–Crippen LogP) is 2.43. The number of piperazine rings is 1. The van der Waals surface area contributed by atoms with Crippen molar-refractivity contribution in [3.8, 4) is 11.8 Å². The summed E-state index contributed by atoms with van der Waals surface area (Å²) in [7, 11) is 0. The van der Waals surface area contributed by atoms with Crippen molar-refractivity contribution in [3.63, 3.8) is 0 Å². The van der Waals surface area contributed by atoms with Gasteiger partial charge in [-0.3, -0.25) is 9.59 Å². The lowest BCUT2D eigenvalue weighted by Crippen LogP contribution is -2.73. The van der Waals surface area contributed by atoms with Crippen LogP contribution in [0, 0.1) is 17.8 Å². The van der Waals surface area contributed by atoms with E-state index in [9.17, 15) is 14.7 Å². The first-order chi connectivity index (χ1) is 15.0. The van der Waals surface area contributed by atoms with E-state index < -0.39 is 0 Å². The van der Waals surface area contributed by atoms with Crippen molar-refractivity contribution >= 4 is 11.8 Å². The van der Waals surface area contributed by atoms with Crippen LogP contribution in [0.1, 0.15) is 36.5 Å². The fraction of sp³-hybridized carbons (Fsp3) is 0.385. The molecule has 4 rings (SSSR count). The average molecular weight is 417 g/mol.